The minimum absolute atomic E-state index is 0.0249. The molecule has 152 valence electrons. The van der Waals surface area contributed by atoms with Crippen LogP contribution < -0.4 is 11.2 Å². The third-order valence-electron chi connectivity index (χ3n) is 4.99. The van der Waals surface area contributed by atoms with Crippen molar-refractivity contribution in [1.82, 2.24) is 18.7 Å². The zero-order valence-corrected chi connectivity index (χ0v) is 18.4. The number of nitrogens with zero attached hydrogens (tertiary/aromatic N) is 4. The Hall–Kier alpha value is -2.97. The predicted octanol–water partition coefficient (Wildman–Crippen LogP) is 3.40. The van der Waals surface area contributed by atoms with E-state index in [0.717, 1.165) is 20.2 Å². The van der Waals surface area contributed by atoms with Gasteiger partial charge in [-0.15, -0.1) is 0 Å². The molecule has 0 unspecified atom stereocenters. The van der Waals surface area contributed by atoms with Crippen molar-refractivity contribution in [2.24, 2.45) is 14.1 Å². The number of ketones is 1. The molecule has 0 N–H and O–H groups in total. The Bertz CT molecular complexity index is 1400. The molecule has 4 aromatic rings. The number of hydrogen-bond donors (Lipinski definition) is 0. The maximum Gasteiger partial charge on any atom is 0.332 e. The van der Waals surface area contributed by atoms with Crippen LogP contribution in [0.4, 0.5) is 0 Å². The molecule has 2 aromatic heterocycles. The Kier molecular flexibility index (Phi) is 5.21. The Morgan fingerprint density at radius 2 is 1.53 bits per heavy atom. The highest BCUT2D eigenvalue weighted by Crippen LogP contribution is 2.23. The first-order chi connectivity index (χ1) is 14.3. The van der Waals surface area contributed by atoms with E-state index in [1.54, 1.807) is 12.1 Å². The van der Waals surface area contributed by atoms with E-state index in [1.165, 1.54) is 23.2 Å². The Labute approximate surface area is 184 Å². The molecule has 2 heterocycles. The summed E-state index contributed by atoms with van der Waals surface area (Å²) in [5.74, 6) is -0.227. The Balaban J connectivity index is 1.68. The van der Waals surface area contributed by atoms with Gasteiger partial charge in [-0.25, -0.2) is 4.79 Å². The van der Waals surface area contributed by atoms with E-state index in [0.29, 0.717) is 5.56 Å². The van der Waals surface area contributed by atoms with Gasteiger partial charge < -0.3 is 4.57 Å². The number of carbonyl (C=O) groups is 1. The average Bonchev–Trinajstić information content (AvgIpc) is 3.07. The molecule has 0 aliphatic heterocycles. The third kappa shape index (κ3) is 3.42. The summed E-state index contributed by atoms with van der Waals surface area (Å²) in [7, 11) is 2.87. The van der Waals surface area contributed by atoms with Crippen molar-refractivity contribution in [1.29, 1.82) is 0 Å². The molecule has 0 bridgehead atoms. The monoisotopic (exact) mass is 486 g/mol. The number of carbonyl (C=O) groups excluding carboxylic acids is 1. The van der Waals surface area contributed by atoms with E-state index in [4.69, 9.17) is 11.6 Å². The number of aryl methyl sites for hydroxylation is 1. The lowest BCUT2D eigenvalue weighted by molar-refractivity contribution is 0.0973. The second-order valence-corrected chi connectivity index (χ2v) is 8.11. The van der Waals surface area contributed by atoms with Gasteiger partial charge in [-0.1, -0.05) is 52.3 Å². The molecule has 2 aromatic carbocycles. The number of aromatic nitrogens is 4. The molecule has 30 heavy (non-hydrogen) atoms. The van der Waals surface area contributed by atoms with Gasteiger partial charge in [-0.05, 0) is 34.9 Å². The van der Waals surface area contributed by atoms with Crippen LogP contribution in [0.25, 0.3) is 22.3 Å². The maximum absolute atomic E-state index is 12.9. The predicted molar refractivity (Wildman–Crippen MR) is 119 cm³/mol. The van der Waals surface area contributed by atoms with Crippen molar-refractivity contribution in [2.75, 3.05) is 0 Å². The number of rotatable bonds is 4. The molecule has 0 atom stereocenters. The van der Waals surface area contributed by atoms with Crippen LogP contribution in [0.15, 0.2) is 62.6 Å². The Morgan fingerprint density at radius 1 is 0.967 bits per heavy atom. The highest BCUT2D eigenvalue weighted by molar-refractivity contribution is 9.10. The fourth-order valence-corrected chi connectivity index (χ4v) is 3.78. The van der Waals surface area contributed by atoms with E-state index in [9.17, 15) is 14.4 Å². The molecule has 0 aliphatic rings. The molecule has 4 rings (SSSR count). The number of halogens is 2. The van der Waals surface area contributed by atoms with E-state index in [2.05, 4.69) is 20.9 Å². The topological polar surface area (TPSA) is 78.9 Å². The summed E-state index contributed by atoms with van der Waals surface area (Å²) in [5, 5.41) is -0.0249. The van der Waals surface area contributed by atoms with E-state index >= 15 is 0 Å². The number of fused-ring (bicyclic) bond motifs is 1. The standard InChI is InChI=1S/C21H16BrClN4O3/c1-25-18-17(19(29)26(2)21(25)30)27(20(23)24-18)11-16(28)14-5-3-12(4-6-14)13-7-9-15(22)10-8-13/h3-10H,11H2,1-2H3. The number of imidazole rings is 1. The van der Waals surface area contributed by atoms with Crippen LogP contribution in [0, 0.1) is 0 Å². The van der Waals surface area contributed by atoms with Crippen molar-refractivity contribution in [3.8, 4) is 11.1 Å². The number of benzene rings is 2. The second kappa shape index (κ2) is 7.70. The number of hydrogen-bond acceptors (Lipinski definition) is 4. The van der Waals surface area contributed by atoms with Gasteiger partial charge >= 0.3 is 5.69 Å². The summed E-state index contributed by atoms with van der Waals surface area (Å²) in [6, 6.07) is 15.1. The highest BCUT2D eigenvalue weighted by Gasteiger charge is 2.20. The van der Waals surface area contributed by atoms with Gasteiger partial charge in [0.1, 0.15) is 0 Å². The molecule has 7 nitrogen and oxygen atoms in total. The summed E-state index contributed by atoms with van der Waals surface area (Å²) in [6.45, 7) is -0.166. The highest BCUT2D eigenvalue weighted by atomic mass is 79.9. The maximum atomic E-state index is 12.9. The van der Waals surface area contributed by atoms with Crippen molar-refractivity contribution in [2.45, 2.75) is 6.54 Å². The zero-order valence-electron chi connectivity index (χ0n) is 16.1. The normalized spacial score (nSPS) is 11.2. The van der Waals surface area contributed by atoms with Crippen molar-refractivity contribution in [3.05, 3.63) is 84.7 Å². The average molecular weight is 488 g/mol. The van der Waals surface area contributed by atoms with Crippen molar-refractivity contribution < 1.29 is 4.79 Å². The Morgan fingerprint density at radius 3 is 2.13 bits per heavy atom. The molecular formula is C21H16BrClN4O3. The van der Waals surface area contributed by atoms with E-state index in [-0.39, 0.29) is 28.8 Å². The van der Waals surface area contributed by atoms with Gasteiger partial charge in [0.15, 0.2) is 16.9 Å². The van der Waals surface area contributed by atoms with Crippen LogP contribution in [0.2, 0.25) is 5.28 Å². The van der Waals surface area contributed by atoms with Crippen LogP contribution in [-0.4, -0.2) is 24.5 Å². The zero-order chi connectivity index (χ0) is 21.6. The molecular weight excluding hydrogens is 472 g/mol. The fourth-order valence-electron chi connectivity index (χ4n) is 3.29. The molecule has 0 spiro atoms. The summed E-state index contributed by atoms with van der Waals surface area (Å²) >= 11 is 9.61. The first-order valence-corrected chi connectivity index (χ1v) is 10.2. The second-order valence-electron chi connectivity index (χ2n) is 6.85. The minimum atomic E-state index is -0.550. The smallest absolute Gasteiger partial charge is 0.301 e. The van der Waals surface area contributed by atoms with Crippen molar-refractivity contribution >= 4 is 44.5 Å². The van der Waals surface area contributed by atoms with Crippen LogP contribution in [0.5, 0.6) is 0 Å². The summed E-state index contributed by atoms with van der Waals surface area (Å²) in [5.41, 5.74) is 1.69. The van der Waals surface area contributed by atoms with Crippen LogP contribution in [0.1, 0.15) is 10.4 Å². The SMILES string of the molecule is Cn1c(=O)c2c(nc(Cl)n2CC(=O)c2ccc(-c3ccc(Br)cc3)cc2)n(C)c1=O. The van der Waals surface area contributed by atoms with Gasteiger partial charge in [0.2, 0.25) is 5.28 Å². The molecule has 0 aliphatic carbocycles. The molecule has 0 amide bonds. The van der Waals surface area contributed by atoms with E-state index in [1.807, 2.05) is 36.4 Å². The van der Waals surface area contributed by atoms with Gasteiger partial charge in [-0.3, -0.25) is 18.7 Å². The first kappa shape index (κ1) is 20.3. The van der Waals surface area contributed by atoms with Crippen LogP contribution in [0.3, 0.4) is 0 Å². The lowest BCUT2D eigenvalue weighted by Gasteiger charge is -2.08. The quantitative estimate of drug-likeness (QED) is 0.326. The third-order valence-corrected chi connectivity index (χ3v) is 5.80. The summed E-state index contributed by atoms with van der Waals surface area (Å²) in [4.78, 5) is 41.7. The minimum Gasteiger partial charge on any atom is -0.301 e. The van der Waals surface area contributed by atoms with Crippen LogP contribution in [-0.2, 0) is 20.6 Å². The van der Waals surface area contributed by atoms with Gasteiger partial charge in [0.25, 0.3) is 5.56 Å². The lowest BCUT2D eigenvalue weighted by atomic mass is 10.0. The lowest BCUT2D eigenvalue weighted by Crippen LogP contribution is -2.37. The van der Waals surface area contributed by atoms with Gasteiger partial charge in [0.05, 0.1) is 6.54 Å². The molecule has 0 saturated heterocycles. The molecule has 9 heteroatoms. The van der Waals surface area contributed by atoms with Crippen LogP contribution >= 0.6 is 27.5 Å². The number of Topliss-reactive ketones (excluding diaryl/α,β-unsaturated/α-hetero) is 1. The van der Waals surface area contributed by atoms with Crippen molar-refractivity contribution in [3.63, 3.8) is 0 Å². The fraction of sp³-hybridized carbons (Fsp3) is 0.143. The largest absolute Gasteiger partial charge is 0.332 e. The molecule has 0 radical (unpaired) electrons. The van der Waals surface area contributed by atoms with Gasteiger partial charge in [0, 0.05) is 24.1 Å². The van der Waals surface area contributed by atoms with Gasteiger partial charge in [-0.2, -0.15) is 4.98 Å². The summed E-state index contributed by atoms with van der Waals surface area (Å²) in [6.07, 6.45) is 0. The molecule has 0 saturated carbocycles. The summed E-state index contributed by atoms with van der Waals surface area (Å²) < 4.78 is 4.53. The van der Waals surface area contributed by atoms with E-state index < -0.39 is 11.2 Å². The molecule has 0 fully saturated rings. The first-order valence-electron chi connectivity index (χ1n) is 8.99.